The second-order valence-electron chi connectivity index (χ2n) is 17.4. The third-order valence-corrected chi connectivity index (χ3v) is 18.2. The Labute approximate surface area is 408 Å². The van der Waals surface area contributed by atoms with Crippen LogP contribution in [0.1, 0.15) is 0 Å². The van der Waals surface area contributed by atoms with Crippen LogP contribution >= 0.6 is 0 Å². The summed E-state index contributed by atoms with van der Waals surface area (Å²) in [5.41, 5.74) is 10.8. The monoisotopic (exact) mass is 909 g/mol. The lowest BCUT2D eigenvalue weighted by molar-refractivity contribution is 1.07. The summed E-state index contributed by atoms with van der Waals surface area (Å²) in [4.78, 5) is 19.3. The smallest absolute Gasteiger partial charge is 0.187 e. The molecule has 0 aliphatic carbocycles. The van der Waals surface area contributed by atoms with Gasteiger partial charge in [-0.2, -0.15) is 0 Å². The molecule has 0 spiro atoms. The van der Waals surface area contributed by atoms with Gasteiger partial charge in [0.15, 0.2) is 31.2 Å². The average molecular weight is 910 g/mol. The van der Waals surface area contributed by atoms with Gasteiger partial charge in [0.1, 0.15) is 0 Å². The first-order valence-electron chi connectivity index (χ1n) is 23.5. The van der Waals surface area contributed by atoms with Crippen molar-refractivity contribution in [1.82, 2.24) is 19.5 Å². The number of nitrogens with zero attached hydrogens (tertiary/aromatic N) is 5. The molecule has 10 aromatic carbocycles. The van der Waals surface area contributed by atoms with Crippen LogP contribution in [0.2, 0.25) is 0 Å². The Morgan fingerprint density at radius 2 is 0.814 bits per heavy atom. The molecule has 0 saturated carbocycles. The van der Waals surface area contributed by atoms with Crippen LogP contribution in [0.3, 0.4) is 0 Å². The van der Waals surface area contributed by atoms with E-state index in [1.807, 2.05) is 60.7 Å². The third kappa shape index (κ3) is 7.48. The highest BCUT2D eigenvalue weighted by molar-refractivity contribution is 7.19. The topological polar surface area (TPSA) is 48.0 Å². The minimum atomic E-state index is -2.91. The van der Waals surface area contributed by atoms with Crippen molar-refractivity contribution in [3.8, 4) is 62.1 Å². The number of rotatable bonds is 10. The van der Waals surface area contributed by atoms with E-state index in [2.05, 4.69) is 210 Å². The minimum absolute atomic E-state index is 0.591. The lowest BCUT2D eigenvalue weighted by Crippen LogP contribution is -2.74. The molecule has 0 aliphatic rings. The first-order chi connectivity index (χ1) is 34.7. The molecule has 328 valence electrons. The third-order valence-electron chi connectivity index (χ3n) is 13.4. The molecular formula is C64H43N5Si. The minimum Gasteiger partial charge on any atom is -0.309 e. The van der Waals surface area contributed by atoms with Gasteiger partial charge in [0, 0.05) is 33.2 Å². The van der Waals surface area contributed by atoms with Crippen LogP contribution in [0.15, 0.2) is 261 Å². The van der Waals surface area contributed by atoms with Crippen molar-refractivity contribution in [2.45, 2.75) is 0 Å². The molecule has 70 heavy (non-hydrogen) atoms. The Morgan fingerprint density at radius 3 is 1.40 bits per heavy atom. The highest BCUT2D eigenvalue weighted by Gasteiger charge is 2.41. The van der Waals surface area contributed by atoms with Crippen LogP contribution in [0.4, 0.5) is 5.69 Å². The summed E-state index contributed by atoms with van der Waals surface area (Å²) in [6.45, 7) is 7.48. The van der Waals surface area contributed by atoms with Gasteiger partial charge in [-0.3, -0.25) is 0 Å². The Hall–Kier alpha value is -9.28. The normalized spacial score (nSPS) is 11.4. The van der Waals surface area contributed by atoms with Crippen molar-refractivity contribution in [2.75, 3.05) is 0 Å². The Morgan fingerprint density at radius 1 is 0.329 bits per heavy atom. The summed E-state index contributed by atoms with van der Waals surface area (Å²) in [5.74, 6) is 1.81. The summed E-state index contributed by atoms with van der Waals surface area (Å²) < 4.78 is 2.38. The van der Waals surface area contributed by atoms with E-state index in [0.717, 1.165) is 66.4 Å². The molecule has 0 radical (unpaired) electrons. The van der Waals surface area contributed by atoms with E-state index >= 15 is 0 Å². The lowest BCUT2D eigenvalue weighted by Gasteiger charge is -2.34. The fraction of sp³-hybridized carbons (Fsp3) is 0. The van der Waals surface area contributed by atoms with Crippen LogP contribution in [0, 0.1) is 6.57 Å². The lowest BCUT2D eigenvalue weighted by atomic mass is 9.98. The molecule has 0 unspecified atom stereocenters. The molecule has 12 aromatic rings. The maximum Gasteiger partial charge on any atom is 0.187 e. The van der Waals surface area contributed by atoms with Crippen LogP contribution in [0.5, 0.6) is 0 Å². The van der Waals surface area contributed by atoms with Gasteiger partial charge in [0.2, 0.25) is 0 Å². The van der Waals surface area contributed by atoms with Crippen molar-refractivity contribution in [3.63, 3.8) is 0 Å². The molecule has 0 aliphatic heterocycles. The van der Waals surface area contributed by atoms with Crippen molar-refractivity contribution < 1.29 is 0 Å². The summed E-state index contributed by atoms with van der Waals surface area (Å²) in [5, 5.41) is 7.50. The van der Waals surface area contributed by atoms with Gasteiger partial charge >= 0.3 is 0 Å². The second-order valence-corrected chi connectivity index (χ2v) is 21.2. The molecule has 5 nitrogen and oxygen atoms in total. The SMILES string of the molecule is [C-]#[N+]c1ccc(-c2ccc3c(c2)c2ccccc2n3-c2ccc(-c3nc(-c4ccccc4)nc(-c4ccccc4)n3)c(-c3cccc([Si](c4ccccc4)(c4ccccc4)c4ccccc4)c3)c2)cc1. The van der Waals surface area contributed by atoms with Gasteiger partial charge in [-0.15, -0.1) is 0 Å². The summed E-state index contributed by atoms with van der Waals surface area (Å²) in [6.07, 6.45) is 0. The predicted molar refractivity (Wildman–Crippen MR) is 291 cm³/mol. The van der Waals surface area contributed by atoms with E-state index in [0.29, 0.717) is 23.2 Å². The number of hydrogen-bond acceptors (Lipinski definition) is 3. The number of para-hydroxylation sites is 1. The molecule has 2 heterocycles. The van der Waals surface area contributed by atoms with Gasteiger partial charge < -0.3 is 4.57 Å². The van der Waals surface area contributed by atoms with E-state index in [4.69, 9.17) is 21.5 Å². The number of benzene rings is 10. The number of hydrogen-bond donors (Lipinski definition) is 0. The first kappa shape index (κ1) is 42.1. The van der Waals surface area contributed by atoms with Crippen LogP contribution < -0.4 is 20.7 Å². The zero-order valence-corrected chi connectivity index (χ0v) is 39.1. The van der Waals surface area contributed by atoms with Crippen molar-refractivity contribution >= 4 is 56.3 Å². The zero-order chi connectivity index (χ0) is 46.9. The van der Waals surface area contributed by atoms with Crippen molar-refractivity contribution in [1.29, 1.82) is 0 Å². The van der Waals surface area contributed by atoms with Gasteiger partial charge in [-0.25, -0.2) is 19.8 Å². The maximum absolute atomic E-state index is 7.48. The van der Waals surface area contributed by atoms with Gasteiger partial charge in [-0.05, 0) is 79.4 Å². The summed E-state index contributed by atoms with van der Waals surface area (Å²) in [7, 11) is -2.91. The number of fused-ring (bicyclic) bond motifs is 3. The van der Waals surface area contributed by atoms with E-state index in [1.54, 1.807) is 0 Å². The molecule has 0 N–H and O–H groups in total. The molecule has 0 amide bonds. The molecular weight excluding hydrogens is 867 g/mol. The molecule has 0 fully saturated rings. The highest BCUT2D eigenvalue weighted by Crippen LogP contribution is 2.39. The standard InChI is InChI=1S/C64H43N5Si/c1-65-50-37-34-45(35-38-50)48-36-41-61-59(43-48)56-32-17-18-33-60(56)69(61)51-39-40-57(64-67-62(46-20-7-2-8-21-46)66-63(68-64)47-22-9-3-10-23-47)58(44-51)49-24-19-31-55(42-49)70(52-25-11-4-12-26-52,53-27-13-5-14-28-53)54-29-15-6-16-30-54/h2-44H. The first-order valence-corrected chi connectivity index (χ1v) is 25.5. The molecule has 0 atom stereocenters. The van der Waals surface area contributed by atoms with Crippen molar-refractivity contribution in [2.24, 2.45) is 0 Å². The molecule has 6 heteroatoms. The Bertz CT molecular complexity index is 3720. The van der Waals surface area contributed by atoms with Gasteiger partial charge in [-0.1, -0.05) is 224 Å². The van der Waals surface area contributed by atoms with Crippen molar-refractivity contribution in [3.05, 3.63) is 272 Å². The van der Waals surface area contributed by atoms with E-state index in [-0.39, 0.29) is 0 Å². The maximum atomic E-state index is 7.48. The fourth-order valence-electron chi connectivity index (χ4n) is 10.2. The average Bonchev–Trinajstić information content (AvgIpc) is 3.78. The van der Waals surface area contributed by atoms with Gasteiger partial charge in [0.05, 0.1) is 17.6 Å². The van der Waals surface area contributed by atoms with E-state index in [1.165, 1.54) is 20.7 Å². The Balaban J connectivity index is 1.13. The van der Waals surface area contributed by atoms with Crippen LogP contribution in [-0.4, -0.2) is 27.6 Å². The predicted octanol–water partition coefficient (Wildman–Crippen LogP) is 13.2. The van der Waals surface area contributed by atoms with Crippen LogP contribution in [0.25, 0.3) is 88.8 Å². The zero-order valence-electron chi connectivity index (χ0n) is 38.1. The summed E-state index contributed by atoms with van der Waals surface area (Å²) >= 11 is 0. The molecule has 0 saturated heterocycles. The Kier molecular flexibility index (Phi) is 10.9. The van der Waals surface area contributed by atoms with Crippen LogP contribution in [-0.2, 0) is 0 Å². The van der Waals surface area contributed by atoms with E-state index < -0.39 is 8.07 Å². The van der Waals surface area contributed by atoms with Gasteiger partial charge in [0.25, 0.3) is 0 Å². The highest BCUT2D eigenvalue weighted by atomic mass is 28.3. The molecule has 12 rings (SSSR count). The quantitative estimate of drug-likeness (QED) is 0.0780. The molecule has 2 aromatic heterocycles. The fourth-order valence-corrected chi connectivity index (χ4v) is 15.0. The second kappa shape index (κ2) is 18.1. The van der Waals surface area contributed by atoms with E-state index in [9.17, 15) is 0 Å². The summed E-state index contributed by atoms with van der Waals surface area (Å²) in [6, 6.07) is 92.6. The molecule has 0 bridgehead atoms. The number of aromatic nitrogens is 4. The largest absolute Gasteiger partial charge is 0.309 e.